The molecule has 1 saturated heterocycles. The zero-order chi connectivity index (χ0) is 16.4. The molecule has 0 radical (unpaired) electrons. The Morgan fingerprint density at radius 3 is 2.74 bits per heavy atom. The largest absolute Gasteiger partial charge is 0.381 e. The number of rotatable bonds is 4. The van der Waals surface area contributed by atoms with Crippen LogP contribution in [0.2, 0.25) is 0 Å². The molecule has 0 spiro atoms. The molecule has 23 heavy (non-hydrogen) atoms. The molecule has 1 aromatic heterocycles. The molecule has 4 nitrogen and oxygen atoms in total. The molecule has 0 saturated carbocycles. The number of aryl methyl sites for hydroxylation is 2. The van der Waals surface area contributed by atoms with Crippen LogP contribution in [-0.4, -0.2) is 24.1 Å². The molecule has 5 heteroatoms. The molecule has 2 aromatic rings. The van der Waals surface area contributed by atoms with E-state index in [0.29, 0.717) is 13.2 Å². The van der Waals surface area contributed by atoms with Crippen LogP contribution >= 0.6 is 11.3 Å². The van der Waals surface area contributed by atoms with E-state index >= 15 is 0 Å². The van der Waals surface area contributed by atoms with Gasteiger partial charge in [0.25, 0.3) is 0 Å². The number of nitrogens with zero attached hydrogens (tertiary/aromatic N) is 1. The maximum Gasteiger partial charge on any atom is 0.226 e. The Morgan fingerprint density at radius 1 is 1.35 bits per heavy atom. The summed E-state index contributed by atoms with van der Waals surface area (Å²) in [6.45, 7) is 7.32. The van der Waals surface area contributed by atoms with Gasteiger partial charge in [0.1, 0.15) is 5.01 Å². The van der Waals surface area contributed by atoms with Crippen molar-refractivity contribution in [1.82, 2.24) is 10.3 Å². The Kier molecular flexibility index (Phi) is 4.78. The highest BCUT2D eigenvalue weighted by Gasteiger charge is 2.26. The van der Waals surface area contributed by atoms with Gasteiger partial charge in [-0.25, -0.2) is 4.98 Å². The van der Waals surface area contributed by atoms with Crippen LogP contribution in [0, 0.1) is 19.8 Å². The molecule has 0 aliphatic carbocycles. The molecule has 122 valence electrons. The van der Waals surface area contributed by atoms with Crippen LogP contribution in [0.5, 0.6) is 0 Å². The number of amides is 1. The van der Waals surface area contributed by atoms with Crippen molar-refractivity contribution in [2.45, 2.75) is 33.2 Å². The smallest absolute Gasteiger partial charge is 0.226 e. The van der Waals surface area contributed by atoms with Gasteiger partial charge in [0.15, 0.2) is 0 Å². The van der Waals surface area contributed by atoms with Crippen molar-refractivity contribution in [3.8, 4) is 10.6 Å². The molecule has 1 aliphatic rings. The highest BCUT2D eigenvalue weighted by atomic mass is 32.1. The maximum atomic E-state index is 12.2. The summed E-state index contributed by atoms with van der Waals surface area (Å²) in [5.74, 6) is 0.0712. The first-order chi connectivity index (χ1) is 11.0. The van der Waals surface area contributed by atoms with Crippen molar-refractivity contribution in [2.24, 2.45) is 5.92 Å². The van der Waals surface area contributed by atoms with Crippen LogP contribution in [0.1, 0.15) is 35.5 Å². The van der Waals surface area contributed by atoms with Crippen molar-refractivity contribution in [1.29, 1.82) is 0 Å². The summed E-state index contributed by atoms with van der Waals surface area (Å²) in [7, 11) is 0. The average molecular weight is 330 g/mol. The molecule has 0 bridgehead atoms. The van der Waals surface area contributed by atoms with E-state index in [-0.39, 0.29) is 17.9 Å². The van der Waals surface area contributed by atoms with E-state index in [9.17, 15) is 4.79 Å². The maximum absolute atomic E-state index is 12.2. The monoisotopic (exact) mass is 330 g/mol. The van der Waals surface area contributed by atoms with Crippen molar-refractivity contribution in [3.05, 3.63) is 40.4 Å². The minimum absolute atomic E-state index is 0.0118. The first kappa shape index (κ1) is 16.1. The second-order valence-corrected chi connectivity index (χ2v) is 7.16. The van der Waals surface area contributed by atoms with E-state index in [1.165, 1.54) is 5.56 Å². The average Bonchev–Trinajstić information content (AvgIpc) is 3.17. The Labute approximate surface area is 140 Å². The molecular formula is C18H22N2O2S. The molecule has 1 fully saturated rings. The van der Waals surface area contributed by atoms with E-state index in [1.54, 1.807) is 11.3 Å². The highest BCUT2D eigenvalue weighted by molar-refractivity contribution is 7.15. The fourth-order valence-corrected chi connectivity index (χ4v) is 3.84. The lowest BCUT2D eigenvalue weighted by molar-refractivity contribution is -0.125. The Morgan fingerprint density at radius 2 is 2.09 bits per heavy atom. The predicted molar refractivity (Wildman–Crippen MR) is 92.5 cm³/mol. The number of ether oxygens (including phenoxy) is 1. The molecule has 0 unspecified atom stereocenters. The Balaban J connectivity index is 1.74. The van der Waals surface area contributed by atoms with Gasteiger partial charge in [-0.1, -0.05) is 29.8 Å². The highest BCUT2D eigenvalue weighted by Crippen LogP contribution is 2.32. The first-order valence-corrected chi connectivity index (χ1v) is 8.78. The topological polar surface area (TPSA) is 51.2 Å². The minimum atomic E-state index is -0.0280. The number of carbonyl (C=O) groups is 1. The zero-order valence-electron chi connectivity index (χ0n) is 13.8. The van der Waals surface area contributed by atoms with Crippen molar-refractivity contribution in [2.75, 3.05) is 13.2 Å². The Bertz CT molecular complexity index is 688. The van der Waals surface area contributed by atoms with Gasteiger partial charge in [-0.05, 0) is 27.2 Å². The van der Waals surface area contributed by atoms with Crippen LogP contribution < -0.4 is 5.32 Å². The normalized spacial score (nSPS) is 18.8. The Hall–Kier alpha value is -1.72. The van der Waals surface area contributed by atoms with Gasteiger partial charge in [0.05, 0.1) is 29.1 Å². The van der Waals surface area contributed by atoms with E-state index in [2.05, 4.69) is 41.5 Å². The van der Waals surface area contributed by atoms with Gasteiger partial charge in [0, 0.05) is 12.2 Å². The zero-order valence-corrected chi connectivity index (χ0v) is 14.6. The van der Waals surface area contributed by atoms with Crippen LogP contribution in [0.25, 0.3) is 10.6 Å². The molecule has 1 aromatic carbocycles. The van der Waals surface area contributed by atoms with Crippen LogP contribution in [0.4, 0.5) is 0 Å². The van der Waals surface area contributed by atoms with Gasteiger partial charge in [-0.15, -0.1) is 11.3 Å². The van der Waals surface area contributed by atoms with Gasteiger partial charge < -0.3 is 10.1 Å². The summed E-state index contributed by atoms with van der Waals surface area (Å²) in [6.07, 6.45) is 0.814. The molecular weight excluding hydrogens is 308 g/mol. The fourth-order valence-electron chi connectivity index (χ4n) is 2.77. The lowest BCUT2D eigenvalue weighted by Gasteiger charge is -2.15. The third-order valence-electron chi connectivity index (χ3n) is 4.18. The van der Waals surface area contributed by atoms with Gasteiger partial charge in [-0.3, -0.25) is 4.79 Å². The molecule has 1 N–H and O–H groups in total. The number of hydrogen-bond acceptors (Lipinski definition) is 4. The third-order valence-corrected chi connectivity index (χ3v) is 5.57. The van der Waals surface area contributed by atoms with Crippen LogP contribution in [0.3, 0.4) is 0 Å². The summed E-state index contributed by atoms with van der Waals surface area (Å²) in [4.78, 5) is 18.0. The van der Waals surface area contributed by atoms with Gasteiger partial charge >= 0.3 is 0 Å². The summed E-state index contributed by atoms with van der Waals surface area (Å²) < 4.78 is 5.29. The summed E-state index contributed by atoms with van der Waals surface area (Å²) in [5.41, 5.74) is 3.35. The van der Waals surface area contributed by atoms with E-state index in [4.69, 9.17) is 4.74 Å². The lowest BCUT2D eigenvalue weighted by Crippen LogP contribution is -2.32. The summed E-state index contributed by atoms with van der Waals surface area (Å²) in [6, 6.07) is 8.35. The second-order valence-electron chi connectivity index (χ2n) is 6.13. The van der Waals surface area contributed by atoms with E-state index in [0.717, 1.165) is 27.6 Å². The summed E-state index contributed by atoms with van der Waals surface area (Å²) >= 11 is 1.65. The molecule has 2 atom stereocenters. The second kappa shape index (κ2) is 6.81. The molecule has 2 heterocycles. The summed E-state index contributed by atoms with van der Waals surface area (Å²) in [5, 5.41) is 4.11. The number of thiazole rings is 1. The van der Waals surface area contributed by atoms with Crippen molar-refractivity contribution < 1.29 is 9.53 Å². The fraction of sp³-hybridized carbons (Fsp3) is 0.444. The number of aromatic nitrogens is 1. The number of hydrogen-bond donors (Lipinski definition) is 1. The lowest BCUT2D eigenvalue weighted by atomic mass is 10.1. The standard InChI is InChI=1S/C18H22N2O2S/c1-11-4-6-14(7-5-11)18-20-13(3)16(23-18)12(2)19-17(21)15-8-9-22-10-15/h4-7,12,15H,8-10H2,1-3H3,(H,19,21)/t12-,15+/m1/s1. The van der Waals surface area contributed by atoms with Crippen molar-refractivity contribution in [3.63, 3.8) is 0 Å². The number of benzene rings is 1. The number of carbonyl (C=O) groups excluding carboxylic acids is 1. The van der Waals surface area contributed by atoms with Crippen LogP contribution in [0.15, 0.2) is 24.3 Å². The molecule has 1 aliphatic heterocycles. The first-order valence-electron chi connectivity index (χ1n) is 7.97. The van der Waals surface area contributed by atoms with E-state index in [1.807, 2.05) is 13.8 Å². The molecule has 3 rings (SSSR count). The predicted octanol–water partition coefficient (Wildman–Crippen LogP) is 3.64. The SMILES string of the molecule is Cc1ccc(-c2nc(C)c([C@@H](C)NC(=O)[C@H]3CCOC3)s2)cc1. The quantitative estimate of drug-likeness (QED) is 0.931. The van der Waals surface area contributed by atoms with Crippen LogP contribution in [-0.2, 0) is 9.53 Å². The van der Waals surface area contributed by atoms with E-state index < -0.39 is 0 Å². The van der Waals surface area contributed by atoms with Gasteiger partial charge in [-0.2, -0.15) is 0 Å². The van der Waals surface area contributed by atoms with Crippen molar-refractivity contribution >= 4 is 17.2 Å². The van der Waals surface area contributed by atoms with Gasteiger partial charge in [0.2, 0.25) is 5.91 Å². The minimum Gasteiger partial charge on any atom is -0.381 e. The number of nitrogens with one attached hydrogen (secondary N) is 1. The molecule has 1 amide bonds. The third kappa shape index (κ3) is 3.62.